The van der Waals surface area contributed by atoms with E-state index in [1.165, 1.54) is 4.57 Å². The lowest BCUT2D eigenvalue weighted by Gasteiger charge is -2.35. The number of amides is 3. The van der Waals surface area contributed by atoms with Crippen molar-refractivity contribution in [3.05, 3.63) is 34.2 Å². The number of rotatable bonds is 7. The molecule has 38 heavy (non-hydrogen) atoms. The lowest BCUT2D eigenvalue weighted by atomic mass is 10.0. The van der Waals surface area contributed by atoms with Gasteiger partial charge in [0.25, 0.3) is 0 Å². The van der Waals surface area contributed by atoms with Crippen LogP contribution in [0.1, 0.15) is 51.6 Å². The summed E-state index contributed by atoms with van der Waals surface area (Å²) in [5.41, 5.74) is 1.77. The molecule has 2 aliphatic heterocycles. The molecule has 2 aliphatic rings. The molecule has 0 radical (unpaired) electrons. The highest BCUT2D eigenvalue weighted by Crippen LogP contribution is 2.25. The van der Waals surface area contributed by atoms with E-state index < -0.39 is 17.6 Å². The Morgan fingerprint density at radius 3 is 2.71 bits per heavy atom. The summed E-state index contributed by atoms with van der Waals surface area (Å²) < 4.78 is 14.5. The minimum atomic E-state index is -0.691. The average molecular weight is 530 g/mol. The monoisotopic (exact) mass is 529 g/mol. The molecule has 2 atom stereocenters. The van der Waals surface area contributed by atoms with Crippen LogP contribution in [0, 0.1) is 0 Å². The molecule has 4 rings (SSSR count). The van der Waals surface area contributed by atoms with Crippen LogP contribution in [0.5, 0.6) is 0 Å². The second-order valence-corrected chi connectivity index (χ2v) is 11.2. The maximum atomic E-state index is 13.1. The Hall–Kier alpha value is -3.18. The normalized spacial score (nSPS) is 21.0. The molecule has 1 aromatic carbocycles. The van der Waals surface area contributed by atoms with Crippen molar-refractivity contribution in [2.75, 3.05) is 39.8 Å². The van der Waals surface area contributed by atoms with E-state index in [9.17, 15) is 19.2 Å². The van der Waals surface area contributed by atoms with E-state index in [2.05, 4.69) is 10.2 Å². The van der Waals surface area contributed by atoms with Gasteiger partial charge in [-0.15, -0.1) is 0 Å². The summed E-state index contributed by atoms with van der Waals surface area (Å²) in [6, 6.07) is 5.10. The summed E-state index contributed by atoms with van der Waals surface area (Å²) >= 11 is 0. The Labute approximate surface area is 222 Å². The third-order valence-electron chi connectivity index (χ3n) is 7.03. The topological polar surface area (TPSA) is 115 Å². The quantitative estimate of drug-likeness (QED) is 0.544. The fraction of sp³-hybridized carbons (Fsp3) is 0.630. The standard InChI is InChI=1S/C27H39N5O6/c1-27(2,3)38-26(36)29(4)16-19-17-31(14-15-37-19)13-7-9-18-8-6-10-20-23(18)30(5)25(35)32(20)21-11-12-22(33)28-24(21)34/h6,8,10,19,21H,7,9,11-17H2,1-5H3,(H,28,33,34)/t19-,21?/m0/s1. The van der Waals surface area contributed by atoms with Gasteiger partial charge in [0.05, 0.1) is 30.3 Å². The van der Waals surface area contributed by atoms with E-state index in [-0.39, 0.29) is 30.2 Å². The molecule has 11 nitrogen and oxygen atoms in total. The third kappa shape index (κ3) is 6.27. The van der Waals surface area contributed by atoms with Gasteiger partial charge < -0.3 is 14.4 Å². The number of fused-ring (bicyclic) bond motifs is 1. The number of piperidine rings is 1. The molecule has 0 saturated carbocycles. The largest absolute Gasteiger partial charge is 0.444 e. The molecule has 11 heteroatoms. The zero-order valence-electron chi connectivity index (χ0n) is 23.0. The van der Waals surface area contributed by atoms with Crippen molar-refractivity contribution in [2.24, 2.45) is 7.05 Å². The Balaban J connectivity index is 1.38. The fourth-order valence-electron chi connectivity index (χ4n) is 5.26. The van der Waals surface area contributed by atoms with Crippen molar-refractivity contribution in [1.82, 2.24) is 24.3 Å². The first-order valence-corrected chi connectivity index (χ1v) is 13.2. The number of likely N-dealkylation sites (N-methyl/N-ethyl adjacent to an activating group) is 1. The van der Waals surface area contributed by atoms with Crippen LogP contribution in [0.25, 0.3) is 11.0 Å². The van der Waals surface area contributed by atoms with Crippen LogP contribution in [-0.4, -0.2) is 88.4 Å². The smallest absolute Gasteiger partial charge is 0.410 e. The number of morpholine rings is 1. The van der Waals surface area contributed by atoms with E-state index in [0.717, 1.165) is 43.6 Å². The number of nitrogens with zero attached hydrogens (tertiary/aromatic N) is 4. The second-order valence-electron chi connectivity index (χ2n) is 11.2. The first-order chi connectivity index (χ1) is 17.9. The number of nitrogens with one attached hydrogen (secondary N) is 1. The van der Waals surface area contributed by atoms with Crippen molar-refractivity contribution in [1.29, 1.82) is 0 Å². The van der Waals surface area contributed by atoms with E-state index in [1.54, 1.807) is 23.6 Å². The molecule has 0 spiro atoms. The van der Waals surface area contributed by atoms with Crippen molar-refractivity contribution in [3.8, 4) is 0 Å². The summed E-state index contributed by atoms with van der Waals surface area (Å²) in [6.07, 6.45) is 1.73. The maximum absolute atomic E-state index is 13.1. The van der Waals surface area contributed by atoms with Gasteiger partial charge >= 0.3 is 11.8 Å². The van der Waals surface area contributed by atoms with Gasteiger partial charge in [-0.25, -0.2) is 9.59 Å². The Morgan fingerprint density at radius 1 is 1.24 bits per heavy atom. The van der Waals surface area contributed by atoms with E-state index in [1.807, 2.05) is 39.0 Å². The number of benzene rings is 1. The molecular formula is C27H39N5O6. The number of aryl methyl sites for hydroxylation is 2. The van der Waals surface area contributed by atoms with E-state index >= 15 is 0 Å². The molecule has 208 valence electrons. The highest BCUT2D eigenvalue weighted by molar-refractivity contribution is 6.00. The minimum absolute atomic E-state index is 0.0897. The van der Waals surface area contributed by atoms with E-state index in [4.69, 9.17) is 9.47 Å². The van der Waals surface area contributed by atoms with Gasteiger partial charge in [-0.05, 0) is 58.2 Å². The van der Waals surface area contributed by atoms with Crippen LogP contribution < -0.4 is 11.0 Å². The SMILES string of the molecule is CN(C[C@H]1CN(CCCc2cccc3c2n(C)c(=O)n3C2CCC(=O)NC2=O)CCO1)C(=O)OC(C)(C)C. The van der Waals surface area contributed by atoms with Crippen molar-refractivity contribution < 1.29 is 23.9 Å². The summed E-state index contributed by atoms with van der Waals surface area (Å²) in [6.45, 7) is 9.00. The number of hydrogen-bond donors (Lipinski definition) is 1. The van der Waals surface area contributed by atoms with Crippen LogP contribution >= 0.6 is 0 Å². The van der Waals surface area contributed by atoms with Crippen molar-refractivity contribution in [2.45, 2.75) is 64.2 Å². The molecule has 1 unspecified atom stereocenters. The number of carbonyl (C=O) groups is 3. The first-order valence-electron chi connectivity index (χ1n) is 13.2. The van der Waals surface area contributed by atoms with Crippen LogP contribution in [-0.2, 0) is 32.5 Å². The van der Waals surface area contributed by atoms with E-state index in [0.29, 0.717) is 25.1 Å². The zero-order valence-corrected chi connectivity index (χ0v) is 23.0. The van der Waals surface area contributed by atoms with Gasteiger partial charge in [0.2, 0.25) is 11.8 Å². The lowest BCUT2D eigenvalue weighted by Crippen LogP contribution is -2.48. The second kappa shape index (κ2) is 11.3. The molecule has 0 bridgehead atoms. The molecule has 0 aliphatic carbocycles. The number of imidazole rings is 1. The fourth-order valence-corrected chi connectivity index (χ4v) is 5.26. The van der Waals surface area contributed by atoms with Crippen molar-refractivity contribution in [3.63, 3.8) is 0 Å². The van der Waals surface area contributed by atoms with Gasteiger partial charge in [-0.3, -0.25) is 28.9 Å². The van der Waals surface area contributed by atoms with Gasteiger partial charge in [0.15, 0.2) is 0 Å². The highest BCUT2D eigenvalue weighted by atomic mass is 16.6. The molecule has 3 heterocycles. The van der Waals surface area contributed by atoms with Crippen LogP contribution in [0.15, 0.2) is 23.0 Å². The van der Waals surface area contributed by atoms with Gasteiger partial charge in [-0.1, -0.05) is 12.1 Å². The summed E-state index contributed by atoms with van der Waals surface area (Å²) in [7, 11) is 3.45. The number of carbonyl (C=O) groups excluding carboxylic acids is 3. The number of hydrogen-bond acceptors (Lipinski definition) is 7. The van der Waals surface area contributed by atoms with Gasteiger partial charge in [-0.2, -0.15) is 0 Å². The number of ether oxygens (including phenoxy) is 2. The molecule has 2 fully saturated rings. The Bertz CT molecular complexity index is 1260. The average Bonchev–Trinajstić information content (AvgIpc) is 3.09. The van der Waals surface area contributed by atoms with Crippen LogP contribution in [0.3, 0.4) is 0 Å². The Kier molecular flexibility index (Phi) is 8.27. The van der Waals surface area contributed by atoms with Gasteiger partial charge in [0.1, 0.15) is 11.6 Å². The molecule has 1 N–H and O–H groups in total. The summed E-state index contributed by atoms with van der Waals surface area (Å²) in [5.74, 6) is -0.734. The molecule has 3 amide bonds. The third-order valence-corrected chi connectivity index (χ3v) is 7.03. The minimum Gasteiger partial charge on any atom is -0.444 e. The molecular weight excluding hydrogens is 490 g/mol. The first kappa shape index (κ1) is 27.8. The zero-order chi connectivity index (χ0) is 27.6. The van der Waals surface area contributed by atoms with Crippen LogP contribution in [0.4, 0.5) is 4.79 Å². The number of aromatic nitrogens is 2. The maximum Gasteiger partial charge on any atom is 0.410 e. The van der Waals surface area contributed by atoms with Crippen LogP contribution in [0.2, 0.25) is 0 Å². The molecule has 2 aromatic rings. The molecule has 2 saturated heterocycles. The number of para-hydroxylation sites is 1. The highest BCUT2D eigenvalue weighted by Gasteiger charge is 2.32. The predicted octanol–water partition coefficient (Wildman–Crippen LogP) is 1.82. The molecule has 1 aromatic heterocycles. The Morgan fingerprint density at radius 2 is 2.00 bits per heavy atom. The van der Waals surface area contributed by atoms with Crippen molar-refractivity contribution >= 4 is 28.9 Å². The van der Waals surface area contributed by atoms with Gasteiger partial charge in [0, 0.05) is 33.6 Å². The summed E-state index contributed by atoms with van der Waals surface area (Å²) in [5, 5.41) is 2.35. The summed E-state index contributed by atoms with van der Waals surface area (Å²) in [4.78, 5) is 53.4. The lowest BCUT2D eigenvalue weighted by molar-refractivity contribution is -0.135. The predicted molar refractivity (Wildman–Crippen MR) is 142 cm³/mol. The number of imide groups is 1.